The third kappa shape index (κ3) is 2.80. The van der Waals surface area contributed by atoms with Gasteiger partial charge in [-0.15, -0.1) is 13.2 Å². The Morgan fingerprint density at radius 2 is 1.91 bits per heavy atom. The summed E-state index contributed by atoms with van der Waals surface area (Å²) < 4.78 is 10.7. The van der Waals surface area contributed by atoms with E-state index in [2.05, 4.69) is 13.2 Å². The maximum absolute atomic E-state index is 12.8. The number of allylic oxidation sites excluding steroid dienone is 2. The summed E-state index contributed by atoms with van der Waals surface area (Å²) >= 11 is 0. The van der Waals surface area contributed by atoms with Crippen LogP contribution in [0.5, 0.6) is 5.75 Å². The first-order chi connectivity index (χ1) is 10.3. The second kappa shape index (κ2) is 6.82. The highest BCUT2D eigenvalue weighted by Crippen LogP contribution is 2.49. The molecule has 3 nitrogen and oxygen atoms in total. The minimum absolute atomic E-state index is 0.318. The summed E-state index contributed by atoms with van der Waals surface area (Å²) in [5.41, 5.74) is 0.359. The van der Waals surface area contributed by atoms with Crippen molar-refractivity contribution in [2.45, 2.75) is 32.6 Å². The average molecular weight is 302 g/mol. The normalized spacial score (nSPS) is 13.9. The molecule has 0 aromatic heterocycles. The lowest BCUT2D eigenvalue weighted by Crippen LogP contribution is -2.48. The first-order valence-corrected chi connectivity index (χ1v) is 7.28. The number of ether oxygens (including phenoxy) is 2. The Labute approximate surface area is 133 Å². The van der Waals surface area contributed by atoms with Gasteiger partial charge in [-0.1, -0.05) is 43.7 Å². The fourth-order valence-electron chi connectivity index (χ4n) is 2.90. The van der Waals surface area contributed by atoms with Crippen LogP contribution in [-0.2, 0) is 14.9 Å². The van der Waals surface area contributed by atoms with Crippen LogP contribution in [0.4, 0.5) is 0 Å². The van der Waals surface area contributed by atoms with Gasteiger partial charge < -0.3 is 9.47 Å². The molecule has 1 aromatic carbocycles. The van der Waals surface area contributed by atoms with E-state index in [1.165, 1.54) is 7.11 Å². The molecule has 1 rings (SSSR count). The number of rotatable bonds is 7. The van der Waals surface area contributed by atoms with Crippen LogP contribution in [0.25, 0.3) is 0 Å². The molecule has 1 atom stereocenters. The van der Waals surface area contributed by atoms with Gasteiger partial charge >= 0.3 is 5.97 Å². The number of esters is 1. The molecule has 0 aliphatic heterocycles. The fourth-order valence-corrected chi connectivity index (χ4v) is 2.90. The predicted octanol–water partition coefficient (Wildman–Crippen LogP) is 4.20. The minimum Gasteiger partial charge on any atom is -0.496 e. The van der Waals surface area contributed by atoms with Gasteiger partial charge in [0.2, 0.25) is 0 Å². The summed E-state index contributed by atoms with van der Waals surface area (Å²) in [5, 5.41) is 0. The molecule has 0 aliphatic carbocycles. The van der Waals surface area contributed by atoms with Gasteiger partial charge in [-0.2, -0.15) is 0 Å². The van der Waals surface area contributed by atoms with E-state index < -0.39 is 10.8 Å². The molecular weight excluding hydrogens is 276 g/mol. The van der Waals surface area contributed by atoms with Crippen molar-refractivity contribution in [1.82, 2.24) is 0 Å². The van der Waals surface area contributed by atoms with Crippen LogP contribution in [-0.4, -0.2) is 20.2 Å². The van der Waals surface area contributed by atoms with Crippen molar-refractivity contribution in [2.75, 3.05) is 14.2 Å². The Morgan fingerprint density at radius 1 is 1.27 bits per heavy atom. The van der Waals surface area contributed by atoms with Crippen LogP contribution in [0, 0.1) is 12.3 Å². The number of carbonyl (C=O) groups excluding carboxylic acids is 1. The molecule has 22 heavy (non-hydrogen) atoms. The summed E-state index contributed by atoms with van der Waals surface area (Å²) in [6, 6.07) is 5.81. The van der Waals surface area contributed by atoms with Crippen molar-refractivity contribution < 1.29 is 14.3 Å². The number of methoxy groups -OCH3 is 2. The zero-order chi connectivity index (χ0) is 17.0. The Balaban J connectivity index is 3.84. The SMILES string of the molecule is C=CCC(C(=O)OC)(c1cc(C)ccc1OC)C(C)(C)C=C. The third-order valence-corrected chi connectivity index (χ3v) is 4.41. The zero-order valence-corrected chi connectivity index (χ0v) is 14.2. The Bertz CT molecular complexity index is 572. The van der Waals surface area contributed by atoms with E-state index in [1.807, 2.05) is 39.0 Å². The fraction of sp³-hybridized carbons (Fsp3) is 0.421. The largest absolute Gasteiger partial charge is 0.496 e. The molecule has 0 saturated carbocycles. The second-order valence-electron chi connectivity index (χ2n) is 6.02. The lowest BCUT2D eigenvalue weighted by molar-refractivity contribution is -0.151. The van der Waals surface area contributed by atoms with Crippen molar-refractivity contribution in [3.8, 4) is 5.75 Å². The molecule has 1 unspecified atom stereocenters. The summed E-state index contributed by atoms with van der Waals surface area (Å²) in [6.07, 6.45) is 3.96. The van der Waals surface area contributed by atoms with Gasteiger partial charge in [-0.25, -0.2) is 0 Å². The standard InChI is InChI=1S/C19H26O3/c1-8-12-19(17(20)22-7,18(4,5)9-2)15-13-14(3)10-11-16(15)21-6/h8-11,13H,1-2,12H2,3-7H3. The van der Waals surface area contributed by atoms with Gasteiger partial charge in [0.1, 0.15) is 11.2 Å². The second-order valence-corrected chi connectivity index (χ2v) is 6.02. The molecule has 120 valence electrons. The maximum atomic E-state index is 12.8. The lowest BCUT2D eigenvalue weighted by atomic mass is 9.59. The van der Waals surface area contributed by atoms with Gasteiger partial charge in [0.05, 0.1) is 14.2 Å². The smallest absolute Gasteiger partial charge is 0.317 e. The van der Waals surface area contributed by atoms with E-state index in [1.54, 1.807) is 19.3 Å². The van der Waals surface area contributed by atoms with Crippen LogP contribution in [0.1, 0.15) is 31.4 Å². The third-order valence-electron chi connectivity index (χ3n) is 4.41. The average Bonchev–Trinajstić information content (AvgIpc) is 2.51. The molecule has 0 bridgehead atoms. The number of hydrogen-bond donors (Lipinski definition) is 0. The Kier molecular flexibility index (Phi) is 5.59. The van der Waals surface area contributed by atoms with E-state index >= 15 is 0 Å². The summed E-state index contributed by atoms with van der Waals surface area (Å²) in [5.74, 6) is 0.342. The summed E-state index contributed by atoms with van der Waals surface area (Å²) in [6.45, 7) is 13.7. The lowest BCUT2D eigenvalue weighted by Gasteiger charge is -2.43. The van der Waals surface area contributed by atoms with Crippen molar-refractivity contribution in [3.05, 3.63) is 54.6 Å². The number of hydrogen-bond acceptors (Lipinski definition) is 3. The number of carbonyl (C=O) groups is 1. The van der Waals surface area contributed by atoms with E-state index in [0.717, 1.165) is 11.1 Å². The highest BCUT2D eigenvalue weighted by Gasteiger charge is 2.52. The molecule has 0 aliphatic rings. The van der Waals surface area contributed by atoms with Gasteiger partial charge in [0, 0.05) is 11.0 Å². The highest BCUT2D eigenvalue weighted by atomic mass is 16.5. The first kappa shape index (κ1) is 18.0. The van der Waals surface area contributed by atoms with Gasteiger partial charge in [0.15, 0.2) is 0 Å². The molecule has 0 radical (unpaired) electrons. The van der Waals surface area contributed by atoms with Crippen LogP contribution < -0.4 is 4.74 Å². The number of benzene rings is 1. The van der Waals surface area contributed by atoms with Crippen LogP contribution in [0.15, 0.2) is 43.5 Å². The van der Waals surface area contributed by atoms with E-state index in [-0.39, 0.29) is 5.97 Å². The van der Waals surface area contributed by atoms with Crippen molar-refractivity contribution in [1.29, 1.82) is 0 Å². The Hall–Kier alpha value is -2.03. The molecule has 1 aromatic rings. The quantitative estimate of drug-likeness (QED) is 0.559. The minimum atomic E-state index is -0.942. The van der Waals surface area contributed by atoms with Crippen LogP contribution in [0.3, 0.4) is 0 Å². The highest BCUT2D eigenvalue weighted by molar-refractivity contribution is 5.86. The molecule has 0 spiro atoms. The van der Waals surface area contributed by atoms with Gasteiger partial charge in [0.25, 0.3) is 0 Å². The number of aryl methyl sites for hydroxylation is 1. The van der Waals surface area contributed by atoms with Crippen molar-refractivity contribution in [2.24, 2.45) is 5.41 Å². The predicted molar refractivity (Wildman–Crippen MR) is 90.2 cm³/mol. The molecular formula is C19H26O3. The van der Waals surface area contributed by atoms with E-state index in [0.29, 0.717) is 12.2 Å². The molecule has 0 saturated heterocycles. The molecule has 3 heteroatoms. The monoisotopic (exact) mass is 302 g/mol. The summed E-state index contributed by atoms with van der Waals surface area (Å²) in [7, 11) is 3.01. The van der Waals surface area contributed by atoms with Crippen molar-refractivity contribution in [3.63, 3.8) is 0 Å². The van der Waals surface area contributed by atoms with Crippen LogP contribution >= 0.6 is 0 Å². The van der Waals surface area contributed by atoms with Crippen molar-refractivity contribution >= 4 is 5.97 Å². The maximum Gasteiger partial charge on any atom is 0.317 e. The summed E-state index contributed by atoms with van der Waals surface area (Å²) in [4.78, 5) is 12.8. The first-order valence-electron chi connectivity index (χ1n) is 7.28. The molecule has 0 N–H and O–H groups in total. The van der Waals surface area contributed by atoms with Gasteiger partial charge in [-0.05, 0) is 19.4 Å². The van der Waals surface area contributed by atoms with E-state index in [4.69, 9.17) is 9.47 Å². The Morgan fingerprint density at radius 3 is 2.36 bits per heavy atom. The zero-order valence-electron chi connectivity index (χ0n) is 14.2. The molecule has 0 heterocycles. The van der Waals surface area contributed by atoms with E-state index in [9.17, 15) is 4.79 Å². The topological polar surface area (TPSA) is 35.5 Å². The molecule has 0 fully saturated rings. The van der Waals surface area contributed by atoms with Crippen LogP contribution in [0.2, 0.25) is 0 Å². The van der Waals surface area contributed by atoms with Gasteiger partial charge in [-0.3, -0.25) is 4.79 Å². The molecule has 0 amide bonds.